The molecular formula is C101H115N5O17. The molecule has 4 N–H and O–H groups in total. The molecule has 22 heteroatoms. The van der Waals surface area contributed by atoms with E-state index in [-0.39, 0.29) is 41.1 Å². The molecule has 0 bridgehead atoms. The zero-order chi connectivity index (χ0) is 85.9. The second kappa shape index (κ2) is 35.1. The van der Waals surface area contributed by atoms with Gasteiger partial charge in [0.2, 0.25) is 6.79 Å². The zero-order valence-corrected chi connectivity index (χ0v) is 73.4. The monoisotopic (exact) mass is 1670 g/mol. The van der Waals surface area contributed by atoms with Gasteiger partial charge in [0, 0.05) is 122 Å². The Hall–Kier alpha value is -11.4. The van der Waals surface area contributed by atoms with Gasteiger partial charge in [0.1, 0.15) is 40.2 Å². The van der Waals surface area contributed by atoms with E-state index in [1.165, 1.54) is 106 Å². The Bertz CT molecular complexity index is 5500. The number of aromatic hydroxyl groups is 4. The van der Waals surface area contributed by atoms with Gasteiger partial charge in [-0.3, -0.25) is 24.5 Å². The van der Waals surface area contributed by atoms with Crippen LogP contribution in [0.1, 0.15) is 168 Å². The van der Waals surface area contributed by atoms with Gasteiger partial charge in [-0.05, 0) is 290 Å². The summed E-state index contributed by atoms with van der Waals surface area (Å²) < 4.78 is 71.2. The van der Waals surface area contributed by atoms with Gasteiger partial charge in [-0.25, -0.2) is 0 Å². The van der Waals surface area contributed by atoms with E-state index in [1.54, 1.807) is 84.3 Å². The fourth-order valence-electron chi connectivity index (χ4n) is 21.4. The number of fused-ring (bicyclic) bond motifs is 21. The second-order valence-electron chi connectivity index (χ2n) is 34.2. The first-order valence-corrected chi connectivity index (χ1v) is 42.9. The number of hydrogen-bond acceptors (Lipinski definition) is 22. The molecule has 11 aliphatic heterocycles. The summed E-state index contributed by atoms with van der Waals surface area (Å²) in [6.07, 6.45) is 9.53. The molecule has 0 radical (unpaired) electrons. The van der Waals surface area contributed by atoms with E-state index in [9.17, 15) is 20.4 Å². The van der Waals surface area contributed by atoms with Gasteiger partial charge in [0.05, 0.1) is 78.2 Å². The largest absolute Gasteiger partial charge is 0.504 e. The van der Waals surface area contributed by atoms with Crippen LogP contribution < -0.4 is 61.6 Å². The maximum absolute atomic E-state index is 10.3. The minimum absolute atomic E-state index is 0.185. The molecule has 0 aliphatic carbocycles. The Kier molecular flexibility index (Phi) is 23.9. The standard InChI is InChI=1S/2C21H25NO4.C20H23NO4.C20H23NO2.C19H19NO3/c2*1-12-7-13-8-21(26-4)18(23)10-14(13)17-9-15-16(11-22(12)17)20(25-3)6-5-19(15)24-2;1-11-6-13-8-19(24-2)18(23)9-14(13)16-7-12-4-5-17(22)20(25-3)15(12)10-21(11)16;1-13-8-18-14(11-20(13)23-3)6-7-21-12-15-4-5-17(22-2)9-16(15)10-19(18)21;1-21-15-3-2-13-10-20-5-4-12-8-18-19(23-11-22-18)9-16(12)17(20)7-14(13)6-15/h2*5-6,8,10,12,17,23H,7,9,11H2,1-4H3;4-5,8-9,11,16,22-23H,6-7,10H2,1-3H3;4-5,8-9,11,19H,6-7,10,12H2,1-3H3;2-3,6,8-9,17H,4-5,7,10-11H2,1H3/t12-,17+;12-,17-;11-,16+;19-;17-/m10100/s1. The van der Waals surface area contributed by atoms with Gasteiger partial charge >= 0.3 is 0 Å². The molecular weight excluding hydrogens is 1560 g/mol. The van der Waals surface area contributed by atoms with Crippen LogP contribution in [0.25, 0.3) is 0 Å². The van der Waals surface area contributed by atoms with Crippen LogP contribution in [0.3, 0.4) is 0 Å². The Balaban J connectivity index is 0.000000109. The number of rotatable bonds is 11. The number of phenols is 4. The summed E-state index contributed by atoms with van der Waals surface area (Å²) in [7, 11) is 18.4. The Labute approximate surface area is 721 Å². The summed E-state index contributed by atoms with van der Waals surface area (Å²) >= 11 is 0. The molecule has 10 aromatic carbocycles. The van der Waals surface area contributed by atoms with Crippen LogP contribution in [-0.4, -0.2) is 161 Å². The molecule has 10 aromatic rings. The van der Waals surface area contributed by atoms with Gasteiger partial charge in [-0.1, -0.05) is 24.3 Å². The van der Waals surface area contributed by atoms with Gasteiger partial charge in [0.25, 0.3) is 0 Å². The maximum atomic E-state index is 10.3. The van der Waals surface area contributed by atoms with Crippen molar-refractivity contribution < 1.29 is 82.0 Å². The lowest BCUT2D eigenvalue weighted by Crippen LogP contribution is -2.45. The molecule has 0 fully saturated rings. The summed E-state index contributed by atoms with van der Waals surface area (Å²) in [6.45, 7) is 15.8. The highest BCUT2D eigenvalue weighted by Gasteiger charge is 2.44. The third-order valence-electron chi connectivity index (χ3n) is 27.8. The van der Waals surface area contributed by atoms with Crippen molar-refractivity contribution in [3.05, 3.63) is 250 Å². The van der Waals surface area contributed by atoms with Crippen molar-refractivity contribution in [2.24, 2.45) is 0 Å². The van der Waals surface area contributed by atoms with Crippen molar-refractivity contribution in [2.45, 2.75) is 173 Å². The van der Waals surface area contributed by atoms with E-state index in [4.69, 9.17) is 61.6 Å². The summed E-state index contributed by atoms with van der Waals surface area (Å²) in [6, 6.07) is 47.7. The fourth-order valence-corrected chi connectivity index (χ4v) is 21.4. The molecule has 22 nitrogen and oxygen atoms in total. The Morgan fingerprint density at radius 1 is 0.285 bits per heavy atom. The fraction of sp³-hybridized carbons (Fsp3) is 0.406. The van der Waals surface area contributed by atoms with Gasteiger partial charge in [0.15, 0.2) is 57.5 Å². The second-order valence-corrected chi connectivity index (χ2v) is 34.2. The van der Waals surface area contributed by atoms with E-state index in [0.717, 1.165) is 173 Å². The van der Waals surface area contributed by atoms with Gasteiger partial charge in [-0.2, -0.15) is 0 Å². The van der Waals surface area contributed by atoms with Gasteiger partial charge < -0.3 is 82.0 Å². The number of ether oxygens (including phenoxy) is 13. The van der Waals surface area contributed by atoms with E-state index in [0.29, 0.717) is 60.0 Å². The van der Waals surface area contributed by atoms with E-state index in [2.05, 4.69) is 113 Å². The van der Waals surface area contributed by atoms with Crippen LogP contribution >= 0.6 is 0 Å². The number of benzene rings is 10. The predicted octanol–water partition coefficient (Wildman–Crippen LogP) is 16.8. The highest BCUT2D eigenvalue weighted by molar-refractivity contribution is 5.60. The lowest BCUT2D eigenvalue weighted by molar-refractivity contribution is 0.103. The summed E-state index contributed by atoms with van der Waals surface area (Å²) in [4.78, 5) is 12.6. The van der Waals surface area contributed by atoms with Crippen LogP contribution in [0.2, 0.25) is 0 Å². The Morgan fingerprint density at radius 2 is 0.650 bits per heavy atom. The number of methoxy groups -OCH3 is 11. The Morgan fingerprint density at radius 3 is 1.07 bits per heavy atom. The van der Waals surface area contributed by atoms with Crippen molar-refractivity contribution in [1.29, 1.82) is 0 Å². The number of hydrogen-bond donors (Lipinski definition) is 4. The average Bonchev–Trinajstić information content (AvgIpc) is 1.10. The van der Waals surface area contributed by atoms with Crippen molar-refractivity contribution >= 4 is 0 Å². The van der Waals surface area contributed by atoms with Crippen LogP contribution in [0.15, 0.2) is 133 Å². The molecule has 0 aromatic heterocycles. The quantitative estimate of drug-likeness (QED) is 0.0946. The highest BCUT2D eigenvalue weighted by Crippen LogP contribution is 2.53. The summed E-state index contributed by atoms with van der Waals surface area (Å²) in [5, 5.41) is 41.0. The van der Waals surface area contributed by atoms with Gasteiger partial charge in [-0.15, -0.1) is 0 Å². The first-order valence-electron chi connectivity index (χ1n) is 42.9. The SMILES string of the molecule is COc1cc2c(cc1O)[C@@H]1Cc3c(OC)ccc(OC)c3CN1[C@@H](C)C2.COc1cc2c(cc1O)[C@@H]1Cc3c(OC)ccc(OC)c3CN1[C@H](C)C2.COc1cc2c(cc1O)[C@@H]1Cc3ccc(O)c(OC)c3CN1[C@H](C)C2.COc1ccc2c(c1)C[C@H]1c3cc(C)c(OC)cc3CCN1C2.COc1ccc2c(c1)C[C@H]1c3cc4c(cc3CCN1C2)OCO4. The maximum Gasteiger partial charge on any atom is 0.231 e. The van der Waals surface area contributed by atoms with Crippen molar-refractivity contribution in [3.8, 4) is 97.7 Å². The summed E-state index contributed by atoms with van der Waals surface area (Å²) in [5.41, 5.74) is 26.9. The van der Waals surface area contributed by atoms with Crippen LogP contribution in [0, 0.1) is 6.92 Å². The van der Waals surface area contributed by atoms with Crippen molar-refractivity contribution in [2.75, 3.05) is 98.1 Å². The lowest BCUT2D eigenvalue weighted by atomic mass is 9.81. The minimum atomic E-state index is 0.185. The van der Waals surface area contributed by atoms with E-state index in [1.807, 2.05) is 66.7 Å². The van der Waals surface area contributed by atoms with Crippen LogP contribution in [-0.2, 0) is 96.9 Å². The van der Waals surface area contributed by atoms with Crippen molar-refractivity contribution in [3.63, 3.8) is 0 Å². The topological polar surface area (TPSA) is 217 Å². The predicted molar refractivity (Wildman–Crippen MR) is 471 cm³/mol. The third kappa shape index (κ3) is 15.8. The van der Waals surface area contributed by atoms with Crippen LogP contribution in [0.5, 0.6) is 97.7 Å². The molecule has 0 unspecified atom stereocenters. The first-order chi connectivity index (χ1) is 59.7. The average molecular weight is 1670 g/mol. The van der Waals surface area contributed by atoms with E-state index >= 15 is 0 Å². The molecule has 11 aliphatic rings. The molecule has 646 valence electrons. The zero-order valence-electron chi connectivity index (χ0n) is 73.4. The first kappa shape index (κ1) is 83.8. The highest BCUT2D eigenvalue weighted by atomic mass is 16.7. The number of phenolic OH excluding ortho intramolecular Hbond substituents is 4. The van der Waals surface area contributed by atoms with E-state index < -0.39 is 0 Å². The molecule has 0 saturated heterocycles. The molecule has 0 amide bonds. The molecule has 0 spiro atoms. The smallest absolute Gasteiger partial charge is 0.231 e. The molecule has 21 rings (SSSR count). The molecule has 0 saturated carbocycles. The number of nitrogens with zero attached hydrogens (tertiary/aromatic N) is 5. The van der Waals surface area contributed by atoms with Crippen LogP contribution in [0.4, 0.5) is 0 Å². The molecule has 11 heterocycles. The van der Waals surface area contributed by atoms with Crippen molar-refractivity contribution in [1.82, 2.24) is 24.5 Å². The lowest BCUT2D eigenvalue weighted by Gasteiger charge is -2.46. The minimum Gasteiger partial charge on any atom is -0.504 e. The third-order valence-corrected chi connectivity index (χ3v) is 27.8. The summed E-state index contributed by atoms with van der Waals surface area (Å²) in [5.74, 6) is 11.3. The normalized spacial score (nSPS) is 21.1. The number of aryl methyl sites for hydroxylation is 1. The molecule has 8 atom stereocenters. The molecule has 123 heavy (non-hydrogen) atoms.